The van der Waals surface area contributed by atoms with E-state index < -0.39 is 0 Å². The van der Waals surface area contributed by atoms with Gasteiger partial charge in [-0.05, 0) is 34.7 Å². The van der Waals surface area contributed by atoms with E-state index in [2.05, 4.69) is 45.4 Å². The molecule has 0 radical (unpaired) electrons. The molecule has 3 rings (SSSR count). The molecule has 0 bridgehead atoms. The summed E-state index contributed by atoms with van der Waals surface area (Å²) in [6.45, 7) is 13.2. The average molecular weight is 317 g/mol. The van der Waals surface area contributed by atoms with Crippen LogP contribution in [0.25, 0.3) is 0 Å². The molecule has 0 aliphatic carbocycles. The Bertz CT molecular complexity index is 653. The molecule has 0 N–H and O–H groups in total. The molecule has 6 heteroatoms. The maximum Gasteiger partial charge on any atom is 0.138 e. The quantitative estimate of drug-likeness (QED) is 0.847. The molecule has 1 aliphatic rings. The highest BCUT2D eigenvalue weighted by molar-refractivity contribution is 5.21. The van der Waals surface area contributed by atoms with Crippen LogP contribution in [0.1, 0.15) is 42.4 Å². The van der Waals surface area contributed by atoms with Crippen LogP contribution in [0.5, 0.6) is 0 Å². The molecular weight excluding hydrogens is 290 g/mol. The molecule has 23 heavy (non-hydrogen) atoms. The molecule has 6 nitrogen and oxygen atoms in total. The molecule has 126 valence electrons. The Morgan fingerprint density at radius 1 is 1.30 bits per heavy atom. The number of hydrogen-bond donors (Lipinski definition) is 0. The maximum absolute atomic E-state index is 5.27. The summed E-state index contributed by atoms with van der Waals surface area (Å²) in [6.07, 6.45) is 2.04. The van der Waals surface area contributed by atoms with Crippen LogP contribution in [0.4, 0.5) is 0 Å². The van der Waals surface area contributed by atoms with Crippen LogP contribution < -0.4 is 0 Å². The van der Waals surface area contributed by atoms with Gasteiger partial charge in [-0.2, -0.15) is 0 Å². The second-order valence-electron chi connectivity index (χ2n) is 6.84. The van der Waals surface area contributed by atoms with E-state index in [1.54, 1.807) is 0 Å². The first-order valence-corrected chi connectivity index (χ1v) is 8.33. The SMILES string of the molecule is Cc1noc(C)c1CN1CCn2c(CN(C)C(C)C)cnc2C1. The number of aryl methyl sites for hydroxylation is 2. The second kappa shape index (κ2) is 6.45. The fraction of sp³-hybridized carbons (Fsp3) is 0.647. The summed E-state index contributed by atoms with van der Waals surface area (Å²) in [5, 5.41) is 4.05. The summed E-state index contributed by atoms with van der Waals surface area (Å²) < 4.78 is 7.65. The lowest BCUT2D eigenvalue weighted by atomic mass is 10.2. The first kappa shape index (κ1) is 16.2. The highest BCUT2D eigenvalue weighted by Gasteiger charge is 2.22. The zero-order chi connectivity index (χ0) is 16.6. The zero-order valence-electron chi connectivity index (χ0n) is 14.8. The molecule has 0 saturated heterocycles. The van der Waals surface area contributed by atoms with E-state index in [4.69, 9.17) is 4.52 Å². The molecule has 0 spiro atoms. The number of rotatable bonds is 5. The molecule has 3 heterocycles. The van der Waals surface area contributed by atoms with Crippen LogP contribution in [0.3, 0.4) is 0 Å². The fourth-order valence-corrected chi connectivity index (χ4v) is 3.02. The average Bonchev–Trinajstić information content (AvgIpc) is 3.05. The standard InChI is InChI=1S/C17H27N5O/c1-12(2)20(5)9-15-8-18-17-11-21(6-7-22(15)17)10-16-13(3)19-23-14(16)4/h8,12H,6-7,9-11H2,1-5H3. The van der Waals surface area contributed by atoms with Crippen molar-refractivity contribution in [2.75, 3.05) is 13.6 Å². The summed E-state index contributed by atoms with van der Waals surface area (Å²) in [5.41, 5.74) is 3.52. The van der Waals surface area contributed by atoms with Gasteiger partial charge >= 0.3 is 0 Å². The monoisotopic (exact) mass is 317 g/mol. The number of hydrogen-bond acceptors (Lipinski definition) is 5. The first-order valence-electron chi connectivity index (χ1n) is 8.33. The lowest BCUT2D eigenvalue weighted by molar-refractivity contribution is 0.200. The van der Waals surface area contributed by atoms with Crippen LogP contribution in [0.2, 0.25) is 0 Å². The van der Waals surface area contributed by atoms with E-state index in [1.165, 1.54) is 11.3 Å². The number of nitrogens with zero attached hydrogens (tertiary/aromatic N) is 5. The summed E-state index contributed by atoms with van der Waals surface area (Å²) in [4.78, 5) is 9.42. The molecule has 0 saturated carbocycles. The van der Waals surface area contributed by atoms with Crippen LogP contribution in [0, 0.1) is 13.8 Å². The van der Waals surface area contributed by atoms with Gasteiger partial charge in [-0.1, -0.05) is 5.16 Å². The van der Waals surface area contributed by atoms with E-state index in [-0.39, 0.29) is 0 Å². The minimum atomic E-state index is 0.542. The Morgan fingerprint density at radius 3 is 2.74 bits per heavy atom. The van der Waals surface area contributed by atoms with Gasteiger partial charge in [0.2, 0.25) is 0 Å². The normalized spacial score (nSPS) is 15.6. The topological polar surface area (TPSA) is 50.3 Å². The summed E-state index contributed by atoms with van der Waals surface area (Å²) in [6, 6.07) is 0.542. The maximum atomic E-state index is 5.27. The Labute approximate surface area is 138 Å². The Balaban J connectivity index is 1.69. The van der Waals surface area contributed by atoms with Crippen molar-refractivity contribution in [1.29, 1.82) is 0 Å². The minimum Gasteiger partial charge on any atom is -0.361 e. The van der Waals surface area contributed by atoms with Crippen LogP contribution in [-0.4, -0.2) is 44.1 Å². The van der Waals surface area contributed by atoms with E-state index in [0.29, 0.717) is 6.04 Å². The zero-order valence-corrected chi connectivity index (χ0v) is 14.8. The lowest BCUT2D eigenvalue weighted by Crippen LogP contribution is -2.35. The molecular formula is C17H27N5O. The smallest absolute Gasteiger partial charge is 0.138 e. The second-order valence-corrected chi connectivity index (χ2v) is 6.84. The van der Waals surface area contributed by atoms with E-state index in [1.807, 2.05) is 20.0 Å². The van der Waals surface area contributed by atoms with Crippen molar-refractivity contribution >= 4 is 0 Å². The van der Waals surface area contributed by atoms with Gasteiger partial charge in [-0.25, -0.2) is 4.98 Å². The third-order valence-electron chi connectivity index (χ3n) is 4.88. The predicted octanol–water partition coefficient (Wildman–Crippen LogP) is 2.34. The van der Waals surface area contributed by atoms with Crippen molar-refractivity contribution in [1.82, 2.24) is 24.5 Å². The van der Waals surface area contributed by atoms with Gasteiger partial charge in [0.25, 0.3) is 0 Å². The van der Waals surface area contributed by atoms with E-state index in [9.17, 15) is 0 Å². The van der Waals surface area contributed by atoms with E-state index in [0.717, 1.165) is 50.0 Å². The Hall–Kier alpha value is -1.66. The predicted molar refractivity (Wildman–Crippen MR) is 88.9 cm³/mol. The minimum absolute atomic E-state index is 0.542. The highest BCUT2D eigenvalue weighted by atomic mass is 16.5. The van der Waals surface area contributed by atoms with Gasteiger partial charge in [0.05, 0.1) is 17.9 Å². The molecule has 2 aromatic heterocycles. The van der Waals surface area contributed by atoms with Crippen molar-refractivity contribution in [3.8, 4) is 0 Å². The first-order chi connectivity index (χ1) is 11.0. The van der Waals surface area contributed by atoms with Crippen molar-refractivity contribution in [2.24, 2.45) is 0 Å². The molecule has 0 aromatic carbocycles. The summed E-state index contributed by atoms with van der Waals surface area (Å²) in [5.74, 6) is 2.09. The number of fused-ring (bicyclic) bond motifs is 1. The number of imidazole rings is 1. The van der Waals surface area contributed by atoms with Crippen molar-refractivity contribution < 1.29 is 4.52 Å². The number of aromatic nitrogens is 3. The Kier molecular flexibility index (Phi) is 4.55. The van der Waals surface area contributed by atoms with Crippen molar-refractivity contribution in [3.63, 3.8) is 0 Å². The lowest BCUT2D eigenvalue weighted by Gasteiger charge is -2.29. The summed E-state index contributed by atoms with van der Waals surface area (Å²) >= 11 is 0. The third kappa shape index (κ3) is 3.33. The van der Waals surface area contributed by atoms with Gasteiger partial charge in [0.1, 0.15) is 11.6 Å². The van der Waals surface area contributed by atoms with Crippen LogP contribution >= 0.6 is 0 Å². The molecule has 2 aromatic rings. The van der Waals surface area contributed by atoms with Gasteiger partial charge in [-0.15, -0.1) is 0 Å². The van der Waals surface area contributed by atoms with Crippen LogP contribution in [-0.2, 0) is 26.2 Å². The molecule has 0 amide bonds. The van der Waals surface area contributed by atoms with Crippen LogP contribution in [0.15, 0.2) is 10.7 Å². The molecule has 0 fully saturated rings. The molecule has 0 unspecified atom stereocenters. The Morgan fingerprint density at radius 2 is 2.09 bits per heavy atom. The summed E-state index contributed by atoms with van der Waals surface area (Å²) in [7, 11) is 2.16. The van der Waals surface area contributed by atoms with Gasteiger partial charge in [0, 0.05) is 44.0 Å². The highest BCUT2D eigenvalue weighted by Crippen LogP contribution is 2.20. The largest absolute Gasteiger partial charge is 0.361 e. The van der Waals surface area contributed by atoms with Crippen molar-refractivity contribution in [2.45, 2.75) is 59.9 Å². The van der Waals surface area contributed by atoms with E-state index >= 15 is 0 Å². The van der Waals surface area contributed by atoms with Gasteiger partial charge in [-0.3, -0.25) is 9.80 Å². The van der Waals surface area contributed by atoms with Crippen molar-refractivity contribution in [3.05, 3.63) is 34.7 Å². The molecule has 1 aliphatic heterocycles. The van der Waals surface area contributed by atoms with Gasteiger partial charge in [0.15, 0.2) is 0 Å². The fourth-order valence-electron chi connectivity index (χ4n) is 3.02. The van der Waals surface area contributed by atoms with Gasteiger partial charge < -0.3 is 9.09 Å². The third-order valence-corrected chi connectivity index (χ3v) is 4.88. The molecule has 0 atom stereocenters.